The van der Waals surface area contributed by atoms with Crippen molar-refractivity contribution in [2.75, 3.05) is 6.61 Å². The van der Waals surface area contributed by atoms with E-state index in [1.54, 1.807) is 12.1 Å². The lowest BCUT2D eigenvalue weighted by Crippen LogP contribution is -2.24. The van der Waals surface area contributed by atoms with E-state index >= 15 is 0 Å². The number of nitrogens with one attached hydrogen (secondary N) is 1. The average Bonchev–Trinajstić information content (AvgIpc) is 2.57. The predicted octanol–water partition coefficient (Wildman–Crippen LogP) is 4.59. The lowest BCUT2D eigenvalue weighted by Gasteiger charge is -2.19. The third kappa shape index (κ3) is 5.98. The highest BCUT2D eigenvalue weighted by Crippen LogP contribution is 2.27. The Morgan fingerprint density at radius 1 is 1.31 bits per heavy atom. The van der Waals surface area contributed by atoms with Crippen molar-refractivity contribution >= 4 is 50.6 Å². The number of nitrogens with zero attached hydrogens (tertiary/aromatic N) is 1. The largest absolute Gasteiger partial charge is 0.506 e. The molecule has 0 radical (unpaired) electrons. The van der Waals surface area contributed by atoms with Crippen LogP contribution in [0.4, 0.5) is 0 Å². The fourth-order valence-electron chi connectivity index (χ4n) is 2.09. The topological polar surface area (TPSA) is 70.9 Å². The lowest BCUT2D eigenvalue weighted by molar-refractivity contribution is -0.123. The Morgan fingerprint density at radius 3 is 2.58 bits per heavy atom. The first-order chi connectivity index (χ1) is 12.2. The molecule has 0 aliphatic heterocycles. The summed E-state index contributed by atoms with van der Waals surface area (Å²) in [6.45, 7) is 6.27. The van der Waals surface area contributed by atoms with E-state index in [-0.39, 0.29) is 23.7 Å². The summed E-state index contributed by atoms with van der Waals surface area (Å²) in [5.41, 5.74) is 4.15. The molecule has 0 unspecified atom stereocenters. The van der Waals surface area contributed by atoms with E-state index in [0.29, 0.717) is 14.9 Å². The fourth-order valence-corrected chi connectivity index (χ4v) is 3.64. The molecule has 2 rings (SSSR count). The molecule has 26 heavy (non-hydrogen) atoms. The van der Waals surface area contributed by atoms with E-state index in [1.807, 2.05) is 46.9 Å². The van der Waals surface area contributed by atoms with E-state index in [1.165, 1.54) is 11.8 Å². The van der Waals surface area contributed by atoms with Crippen LogP contribution in [0, 0.1) is 3.57 Å². The van der Waals surface area contributed by atoms with Crippen LogP contribution in [0.3, 0.4) is 0 Å². The van der Waals surface area contributed by atoms with Gasteiger partial charge in [-0.15, -0.1) is 0 Å². The van der Waals surface area contributed by atoms with Gasteiger partial charge in [-0.2, -0.15) is 5.10 Å². The third-order valence-electron chi connectivity index (χ3n) is 3.54. The number of hydrogen-bond donors (Lipinski definition) is 2. The molecule has 2 aromatic carbocycles. The van der Waals surface area contributed by atoms with E-state index in [0.717, 1.165) is 4.47 Å². The average molecular weight is 531 g/mol. The Morgan fingerprint density at radius 2 is 1.96 bits per heavy atom. The molecule has 0 aliphatic carbocycles. The molecule has 0 saturated carbocycles. The maximum atomic E-state index is 11.8. The second-order valence-electron chi connectivity index (χ2n) is 6.68. The lowest BCUT2D eigenvalue weighted by atomic mass is 9.87. The summed E-state index contributed by atoms with van der Waals surface area (Å²) < 4.78 is 6.96. The summed E-state index contributed by atoms with van der Waals surface area (Å²) >= 11 is 5.37. The summed E-state index contributed by atoms with van der Waals surface area (Å²) in [6, 6.07) is 11.2. The van der Waals surface area contributed by atoms with Crippen LogP contribution >= 0.6 is 38.5 Å². The summed E-state index contributed by atoms with van der Waals surface area (Å²) in [6.07, 6.45) is 1.39. The third-order valence-corrected chi connectivity index (χ3v) is 4.82. The Bertz CT molecular complexity index is 815. The SMILES string of the molecule is CC(C)(C)c1ccc(OCC(=O)N/N=C/c2cc(Br)cc(I)c2O)cc1. The van der Waals surface area contributed by atoms with Crippen molar-refractivity contribution < 1.29 is 14.6 Å². The van der Waals surface area contributed by atoms with Crippen LogP contribution in [0.5, 0.6) is 11.5 Å². The number of ether oxygens (including phenoxy) is 1. The number of phenols is 1. The number of hydrogen-bond acceptors (Lipinski definition) is 4. The molecule has 0 aliphatic rings. The van der Waals surface area contributed by atoms with Gasteiger partial charge in [-0.3, -0.25) is 4.79 Å². The zero-order chi connectivity index (χ0) is 19.3. The van der Waals surface area contributed by atoms with Crippen LogP contribution in [-0.2, 0) is 10.2 Å². The molecule has 0 atom stereocenters. The molecule has 0 aromatic heterocycles. The minimum Gasteiger partial charge on any atom is -0.506 e. The van der Waals surface area contributed by atoms with Crippen LogP contribution in [0.2, 0.25) is 0 Å². The molecule has 138 valence electrons. The maximum Gasteiger partial charge on any atom is 0.277 e. The van der Waals surface area contributed by atoms with Gasteiger partial charge in [0.2, 0.25) is 0 Å². The Kier molecular flexibility index (Phi) is 7.05. The maximum absolute atomic E-state index is 11.8. The zero-order valence-corrected chi connectivity index (χ0v) is 18.5. The predicted molar refractivity (Wildman–Crippen MR) is 115 cm³/mol. The van der Waals surface area contributed by atoms with Crippen molar-refractivity contribution in [3.63, 3.8) is 0 Å². The quantitative estimate of drug-likeness (QED) is 0.337. The zero-order valence-electron chi connectivity index (χ0n) is 14.7. The van der Waals surface area contributed by atoms with Gasteiger partial charge < -0.3 is 9.84 Å². The summed E-state index contributed by atoms with van der Waals surface area (Å²) in [7, 11) is 0. The number of rotatable bonds is 5. The van der Waals surface area contributed by atoms with Gasteiger partial charge in [0.25, 0.3) is 5.91 Å². The smallest absolute Gasteiger partial charge is 0.277 e. The monoisotopic (exact) mass is 530 g/mol. The Hall–Kier alpha value is -1.61. The van der Waals surface area contributed by atoms with Gasteiger partial charge in [0.05, 0.1) is 9.78 Å². The molecule has 0 saturated heterocycles. The van der Waals surface area contributed by atoms with Crippen molar-refractivity contribution in [3.8, 4) is 11.5 Å². The number of aromatic hydroxyl groups is 1. The number of carbonyl (C=O) groups is 1. The molecular formula is C19H20BrIN2O3. The van der Waals surface area contributed by atoms with E-state index in [9.17, 15) is 9.90 Å². The normalized spacial score (nSPS) is 11.6. The van der Waals surface area contributed by atoms with Gasteiger partial charge in [0.1, 0.15) is 11.5 Å². The Labute approximate surface area is 175 Å². The van der Waals surface area contributed by atoms with Crippen molar-refractivity contribution in [2.24, 2.45) is 5.10 Å². The van der Waals surface area contributed by atoms with E-state index in [2.05, 4.69) is 47.2 Å². The fraction of sp³-hybridized carbons (Fsp3) is 0.263. The van der Waals surface area contributed by atoms with Gasteiger partial charge in [0.15, 0.2) is 6.61 Å². The summed E-state index contributed by atoms with van der Waals surface area (Å²) in [4.78, 5) is 11.8. The second kappa shape index (κ2) is 8.85. The number of hydrazone groups is 1. The van der Waals surface area contributed by atoms with Gasteiger partial charge in [0, 0.05) is 10.0 Å². The number of benzene rings is 2. The molecule has 0 heterocycles. The van der Waals surface area contributed by atoms with Crippen LogP contribution in [0.25, 0.3) is 0 Å². The van der Waals surface area contributed by atoms with Gasteiger partial charge >= 0.3 is 0 Å². The molecule has 1 amide bonds. The molecular weight excluding hydrogens is 511 g/mol. The first kappa shape index (κ1) is 20.7. The van der Waals surface area contributed by atoms with Gasteiger partial charge in [-0.05, 0) is 57.8 Å². The van der Waals surface area contributed by atoms with Crippen LogP contribution < -0.4 is 10.2 Å². The highest BCUT2D eigenvalue weighted by Gasteiger charge is 2.13. The summed E-state index contributed by atoms with van der Waals surface area (Å²) in [5.74, 6) is 0.351. The standard InChI is InChI=1S/C19H20BrIN2O3/c1-19(2,3)13-4-6-15(7-5-13)26-11-17(24)23-22-10-12-8-14(20)9-16(21)18(12)25/h4-10,25H,11H2,1-3H3,(H,23,24)/b22-10+. The highest BCUT2D eigenvalue weighted by atomic mass is 127. The number of carbonyl (C=O) groups excluding carboxylic acids is 1. The first-order valence-electron chi connectivity index (χ1n) is 7.90. The second-order valence-corrected chi connectivity index (χ2v) is 8.76. The number of halogens is 2. The van der Waals surface area contributed by atoms with Crippen LogP contribution in [0.15, 0.2) is 46.0 Å². The first-order valence-corrected chi connectivity index (χ1v) is 9.77. The van der Waals surface area contributed by atoms with Crippen molar-refractivity contribution in [3.05, 3.63) is 55.6 Å². The summed E-state index contributed by atoms with van der Waals surface area (Å²) in [5, 5.41) is 13.8. The van der Waals surface area contributed by atoms with E-state index in [4.69, 9.17) is 4.74 Å². The molecule has 0 spiro atoms. The minimum absolute atomic E-state index is 0.0699. The van der Waals surface area contributed by atoms with Gasteiger partial charge in [-0.1, -0.05) is 48.8 Å². The molecule has 5 nitrogen and oxygen atoms in total. The number of amides is 1. The Balaban J connectivity index is 1.88. The van der Waals surface area contributed by atoms with Gasteiger partial charge in [-0.25, -0.2) is 5.43 Å². The molecule has 0 fully saturated rings. The van der Waals surface area contributed by atoms with Crippen molar-refractivity contribution in [2.45, 2.75) is 26.2 Å². The van der Waals surface area contributed by atoms with Crippen LogP contribution in [-0.4, -0.2) is 23.8 Å². The molecule has 0 bridgehead atoms. The number of phenolic OH excluding ortho intramolecular Hbond substituents is 1. The molecule has 7 heteroatoms. The minimum atomic E-state index is -0.384. The van der Waals surface area contributed by atoms with E-state index < -0.39 is 0 Å². The van der Waals surface area contributed by atoms with Crippen molar-refractivity contribution in [1.82, 2.24) is 5.43 Å². The molecule has 2 aromatic rings. The molecule has 2 N–H and O–H groups in total. The van der Waals surface area contributed by atoms with Crippen molar-refractivity contribution in [1.29, 1.82) is 0 Å². The highest BCUT2D eigenvalue weighted by molar-refractivity contribution is 14.1. The van der Waals surface area contributed by atoms with Crippen LogP contribution in [0.1, 0.15) is 31.9 Å².